The minimum absolute atomic E-state index is 0.156. The minimum atomic E-state index is -0.380. The summed E-state index contributed by atoms with van der Waals surface area (Å²) in [6, 6.07) is 9.20. The summed E-state index contributed by atoms with van der Waals surface area (Å²) in [6.07, 6.45) is 4.04. The number of pyridine rings is 1. The Morgan fingerprint density at radius 1 is 1.19 bits per heavy atom. The highest BCUT2D eigenvalue weighted by Crippen LogP contribution is 2.40. The number of benzene rings is 1. The second-order valence-corrected chi connectivity index (χ2v) is 10.9. The Kier molecular flexibility index (Phi) is 8.79. The molecular formula is C31H36FN7O3. The monoisotopic (exact) mass is 573 g/mol. The van der Waals surface area contributed by atoms with E-state index < -0.39 is 0 Å². The van der Waals surface area contributed by atoms with E-state index in [0.717, 1.165) is 30.6 Å². The van der Waals surface area contributed by atoms with E-state index in [2.05, 4.69) is 35.6 Å². The summed E-state index contributed by atoms with van der Waals surface area (Å²) in [5.74, 6) is 0.104. The summed E-state index contributed by atoms with van der Waals surface area (Å²) >= 11 is 0. The lowest BCUT2D eigenvalue weighted by molar-refractivity contribution is -0.128. The summed E-state index contributed by atoms with van der Waals surface area (Å²) in [5.41, 5.74) is 3.06. The van der Waals surface area contributed by atoms with Crippen LogP contribution in [0.2, 0.25) is 0 Å². The van der Waals surface area contributed by atoms with Crippen LogP contribution in [0, 0.1) is 28.5 Å². The van der Waals surface area contributed by atoms with Gasteiger partial charge in [0.1, 0.15) is 35.5 Å². The predicted octanol–water partition coefficient (Wildman–Crippen LogP) is 3.25. The summed E-state index contributed by atoms with van der Waals surface area (Å²) in [4.78, 5) is 25.3. The van der Waals surface area contributed by atoms with Gasteiger partial charge in [-0.2, -0.15) is 10.5 Å². The number of aromatic nitrogens is 1. The smallest absolute Gasteiger partial charge is 0.246 e. The third-order valence-electron chi connectivity index (χ3n) is 8.56. The molecule has 0 bridgehead atoms. The van der Waals surface area contributed by atoms with Gasteiger partial charge < -0.3 is 29.1 Å². The number of halogens is 1. The topological polar surface area (TPSA) is 109 Å². The highest BCUT2D eigenvalue weighted by Gasteiger charge is 2.35. The molecule has 0 spiro atoms. The van der Waals surface area contributed by atoms with E-state index in [9.17, 15) is 15.3 Å². The number of rotatable bonds is 8. The van der Waals surface area contributed by atoms with Gasteiger partial charge >= 0.3 is 0 Å². The number of nitrogens with zero attached hydrogens (tertiary/aromatic N) is 7. The molecule has 0 radical (unpaired) electrons. The number of para-hydroxylation sites is 1. The summed E-state index contributed by atoms with van der Waals surface area (Å²) < 4.78 is 26.8. The number of ether oxygens (including phenoxy) is 2. The Balaban J connectivity index is 1.55. The van der Waals surface area contributed by atoms with E-state index in [0.29, 0.717) is 68.4 Å². The van der Waals surface area contributed by atoms with Crippen LogP contribution < -0.4 is 19.3 Å². The van der Waals surface area contributed by atoms with Crippen LogP contribution in [-0.2, 0) is 17.8 Å². The van der Waals surface area contributed by atoms with Gasteiger partial charge in [-0.25, -0.2) is 9.37 Å². The molecular weight excluding hydrogens is 537 g/mol. The molecule has 2 saturated heterocycles. The molecule has 1 aromatic carbocycles. The molecule has 220 valence electrons. The van der Waals surface area contributed by atoms with Gasteiger partial charge in [0.25, 0.3) is 0 Å². The van der Waals surface area contributed by atoms with Crippen LogP contribution >= 0.6 is 0 Å². The molecule has 0 aliphatic carbocycles. The molecule has 1 aromatic heterocycles. The van der Waals surface area contributed by atoms with Gasteiger partial charge in [-0.15, -0.1) is 0 Å². The van der Waals surface area contributed by atoms with Crippen LogP contribution in [-0.4, -0.2) is 86.3 Å². The van der Waals surface area contributed by atoms with Crippen LogP contribution in [0.1, 0.15) is 36.1 Å². The van der Waals surface area contributed by atoms with Gasteiger partial charge in [0, 0.05) is 37.8 Å². The molecule has 1 amide bonds. The average Bonchev–Trinajstić information content (AvgIpc) is 3.42. The lowest BCUT2D eigenvalue weighted by Gasteiger charge is -2.43. The lowest BCUT2D eigenvalue weighted by atomic mass is 9.96. The van der Waals surface area contributed by atoms with Gasteiger partial charge in [0.2, 0.25) is 11.8 Å². The number of anilines is 2. The molecule has 11 heteroatoms. The predicted molar refractivity (Wildman–Crippen MR) is 156 cm³/mol. The molecule has 3 aliphatic heterocycles. The van der Waals surface area contributed by atoms with E-state index in [-0.39, 0.29) is 36.1 Å². The van der Waals surface area contributed by atoms with E-state index in [1.807, 2.05) is 4.90 Å². The Labute approximate surface area is 246 Å². The fraction of sp³-hybridized carbons (Fsp3) is 0.484. The standard InChI is InChI=1S/C31H36FN7O3/c1-4-28(40)39-16-15-38(18-21(39)10-12-33)29-23-11-14-37(30-25(32)8-5-9-27(30)41-3)19-26(23)35-31(24(29)17-34)42-20-22-7-6-13-36(22)2/h4-5,8-9,21-22H,1,6-7,10-11,13-16,18-20H2,2-3H3/t21-,22-/m0/s1. The number of likely N-dealkylation sites (tertiary alicyclic amines) is 1. The third-order valence-corrected chi connectivity index (χ3v) is 8.56. The highest BCUT2D eigenvalue weighted by molar-refractivity contribution is 5.87. The first-order valence-electron chi connectivity index (χ1n) is 14.3. The van der Waals surface area contributed by atoms with Gasteiger partial charge in [0.05, 0.1) is 43.6 Å². The molecule has 0 N–H and O–H groups in total. The number of methoxy groups -OCH3 is 1. The van der Waals surface area contributed by atoms with Crippen molar-refractivity contribution in [2.75, 3.05) is 63.3 Å². The number of hydrogen-bond donors (Lipinski definition) is 0. The Morgan fingerprint density at radius 2 is 2.02 bits per heavy atom. The molecule has 2 atom stereocenters. The molecule has 5 rings (SSSR count). The van der Waals surface area contributed by atoms with Crippen LogP contribution in [0.4, 0.5) is 15.8 Å². The fourth-order valence-electron chi connectivity index (χ4n) is 6.36. The fourth-order valence-corrected chi connectivity index (χ4v) is 6.36. The number of carbonyl (C=O) groups excluding carboxylic acids is 1. The number of likely N-dealkylation sites (N-methyl/N-ethyl adjacent to an activating group) is 1. The molecule has 2 fully saturated rings. The van der Waals surface area contributed by atoms with Crippen molar-refractivity contribution in [2.45, 2.75) is 44.3 Å². The van der Waals surface area contributed by atoms with Crippen molar-refractivity contribution in [2.24, 2.45) is 0 Å². The first kappa shape index (κ1) is 29.2. The van der Waals surface area contributed by atoms with Crippen molar-refractivity contribution >= 4 is 17.3 Å². The summed E-state index contributed by atoms with van der Waals surface area (Å²) in [6.45, 7) is 7.06. The minimum Gasteiger partial charge on any atom is -0.494 e. The summed E-state index contributed by atoms with van der Waals surface area (Å²) in [7, 11) is 3.59. The van der Waals surface area contributed by atoms with E-state index in [4.69, 9.17) is 14.5 Å². The Morgan fingerprint density at radius 3 is 2.71 bits per heavy atom. The van der Waals surface area contributed by atoms with Crippen molar-refractivity contribution in [1.82, 2.24) is 14.8 Å². The van der Waals surface area contributed by atoms with Gasteiger partial charge in [0.15, 0.2) is 0 Å². The maximum atomic E-state index is 15.1. The largest absolute Gasteiger partial charge is 0.494 e. The van der Waals surface area contributed by atoms with E-state index >= 15 is 4.39 Å². The molecule has 42 heavy (non-hydrogen) atoms. The Hall–Kier alpha value is -4.35. The summed E-state index contributed by atoms with van der Waals surface area (Å²) in [5, 5.41) is 20.0. The number of amides is 1. The zero-order valence-electron chi connectivity index (χ0n) is 24.2. The number of carbonyl (C=O) groups is 1. The van der Waals surface area contributed by atoms with Crippen LogP contribution in [0.25, 0.3) is 0 Å². The SMILES string of the molecule is C=CC(=O)N1CCN(c2c(C#N)c(OC[C@@H]3CCCN3C)nc3c2CCN(c2c(F)cccc2OC)C3)C[C@@H]1CC#N. The van der Waals surface area contributed by atoms with Crippen molar-refractivity contribution in [3.63, 3.8) is 0 Å². The normalized spacial score (nSPS) is 20.5. The van der Waals surface area contributed by atoms with Crippen LogP contribution in [0.5, 0.6) is 11.6 Å². The molecule has 0 unspecified atom stereocenters. The zero-order valence-corrected chi connectivity index (χ0v) is 24.2. The average molecular weight is 574 g/mol. The van der Waals surface area contributed by atoms with Crippen molar-refractivity contribution < 1.29 is 18.7 Å². The third kappa shape index (κ3) is 5.57. The quantitative estimate of drug-likeness (QED) is 0.440. The van der Waals surface area contributed by atoms with Gasteiger partial charge in [-0.1, -0.05) is 12.6 Å². The maximum absolute atomic E-state index is 15.1. The van der Waals surface area contributed by atoms with Gasteiger partial charge in [-0.3, -0.25) is 4.79 Å². The highest BCUT2D eigenvalue weighted by atomic mass is 19.1. The maximum Gasteiger partial charge on any atom is 0.246 e. The second-order valence-electron chi connectivity index (χ2n) is 10.9. The first-order valence-corrected chi connectivity index (χ1v) is 14.3. The van der Waals surface area contributed by atoms with Crippen LogP contribution in [0.3, 0.4) is 0 Å². The number of nitriles is 2. The molecule has 3 aliphatic rings. The molecule has 4 heterocycles. The van der Waals surface area contributed by atoms with E-state index in [1.54, 1.807) is 17.0 Å². The molecule has 10 nitrogen and oxygen atoms in total. The van der Waals surface area contributed by atoms with Crippen molar-refractivity contribution in [1.29, 1.82) is 10.5 Å². The van der Waals surface area contributed by atoms with Crippen molar-refractivity contribution in [3.05, 3.63) is 53.5 Å². The number of piperazine rings is 1. The zero-order chi connectivity index (χ0) is 29.8. The van der Waals surface area contributed by atoms with Crippen LogP contribution in [0.15, 0.2) is 30.9 Å². The van der Waals surface area contributed by atoms with Crippen molar-refractivity contribution in [3.8, 4) is 23.8 Å². The molecule has 2 aromatic rings. The molecule has 0 saturated carbocycles. The number of hydrogen-bond acceptors (Lipinski definition) is 9. The Bertz CT molecular complexity index is 1440. The number of fused-ring (bicyclic) bond motifs is 1. The van der Waals surface area contributed by atoms with E-state index in [1.165, 1.54) is 19.3 Å². The van der Waals surface area contributed by atoms with Gasteiger partial charge in [-0.05, 0) is 51.1 Å². The first-order chi connectivity index (χ1) is 20.4. The second kappa shape index (κ2) is 12.7. The lowest BCUT2D eigenvalue weighted by Crippen LogP contribution is -2.55.